The molecule has 1 N–H and O–H groups in total. The second kappa shape index (κ2) is 8.13. The van der Waals surface area contributed by atoms with Gasteiger partial charge in [0.2, 0.25) is 0 Å². The van der Waals surface area contributed by atoms with Crippen LogP contribution in [0.25, 0.3) is 0 Å². The number of hydrogen-bond donors (Lipinski definition) is 1. The maximum atomic E-state index is 12.9. The number of nitrogens with one attached hydrogen (secondary N) is 1. The van der Waals surface area contributed by atoms with E-state index in [4.69, 9.17) is 4.74 Å². The Labute approximate surface area is 150 Å². The van der Waals surface area contributed by atoms with Gasteiger partial charge in [0.15, 0.2) is 0 Å². The maximum absolute atomic E-state index is 12.9. The largest absolute Gasteiger partial charge is 0.495 e. The molecular formula is C17H21F2N5O2. The Hall–Kier alpha value is -2.68. The Morgan fingerprint density at radius 2 is 2.00 bits per heavy atom. The molecule has 1 fully saturated rings. The lowest BCUT2D eigenvalue weighted by Gasteiger charge is -2.34. The summed E-state index contributed by atoms with van der Waals surface area (Å²) in [6.45, 7) is -0.0582. The molecule has 0 bridgehead atoms. The van der Waals surface area contributed by atoms with Gasteiger partial charge in [0.25, 0.3) is 0 Å². The quantitative estimate of drug-likeness (QED) is 0.885. The van der Waals surface area contributed by atoms with Gasteiger partial charge < -0.3 is 15.0 Å². The van der Waals surface area contributed by atoms with Gasteiger partial charge in [-0.05, 0) is 12.1 Å². The number of rotatable bonds is 5. The van der Waals surface area contributed by atoms with E-state index in [-0.39, 0.29) is 6.03 Å². The van der Waals surface area contributed by atoms with E-state index in [1.165, 1.54) is 12.4 Å². The molecule has 9 heteroatoms. The van der Waals surface area contributed by atoms with Gasteiger partial charge in [-0.3, -0.25) is 9.47 Å². The molecule has 0 spiro atoms. The van der Waals surface area contributed by atoms with Crippen LogP contribution in [-0.4, -0.2) is 58.7 Å². The van der Waals surface area contributed by atoms with Crippen LogP contribution in [0, 0.1) is 0 Å². The van der Waals surface area contributed by atoms with Gasteiger partial charge in [-0.15, -0.1) is 0 Å². The highest BCUT2D eigenvalue weighted by Gasteiger charge is 2.23. The highest BCUT2D eigenvalue weighted by Crippen LogP contribution is 2.23. The second-order valence-electron chi connectivity index (χ2n) is 5.92. The monoisotopic (exact) mass is 365 g/mol. The lowest BCUT2D eigenvalue weighted by molar-refractivity contribution is 0.0620. The number of benzene rings is 1. The van der Waals surface area contributed by atoms with Gasteiger partial charge >= 0.3 is 12.6 Å². The number of piperazine rings is 1. The molecule has 0 radical (unpaired) electrons. The summed E-state index contributed by atoms with van der Waals surface area (Å²) in [5.41, 5.74) is 0.612. The molecule has 140 valence electrons. The van der Waals surface area contributed by atoms with Crippen molar-refractivity contribution in [1.29, 1.82) is 0 Å². The van der Waals surface area contributed by atoms with Crippen molar-refractivity contribution in [2.24, 2.45) is 0 Å². The topological polar surface area (TPSA) is 62.6 Å². The van der Waals surface area contributed by atoms with Crippen molar-refractivity contribution in [3.63, 3.8) is 0 Å². The van der Waals surface area contributed by atoms with Crippen molar-refractivity contribution in [3.05, 3.63) is 42.5 Å². The summed E-state index contributed by atoms with van der Waals surface area (Å²) < 4.78 is 31.9. The fraction of sp³-hybridized carbons (Fsp3) is 0.412. The standard InChI is InChI=1S/C17H21F2N5O2/c1-26-14-5-3-2-4-13(14)21-17(25)23-10-8-22(9-11-23)12-15-20-6-7-24(15)16(18)19/h2-7,16H,8-12H2,1H3,(H,21,25). The van der Waals surface area contributed by atoms with Gasteiger partial charge in [0, 0.05) is 38.6 Å². The zero-order chi connectivity index (χ0) is 18.5. The average molecular weight is 365 g/mol. The van der Waals surface area contributed by atoms with Crippen LogP contribution in [0.4, 0.5) is 19.3 Å². The summed E-state index contributed by atoms with van der Waals surface area (Å²) in [5, 5.41) is 2.84. The number of para-hydroxylation sites is 2. The SMILES string of the molecule is COc1ccccc1NC(=O)N1CCN(Cc2nccn2C(F)F)CC1. The Morgan fingerprint density at radius 3 is 2.69 bits per heavy atom. The predicted molar refractivity (Wildman–Crippen MR) is 92.3 cm³/mol. The van der Waals surface area contributed by atoms with Gasteiger partial charge in [0.1, 0.15) is 11.6 Å². The van der Waals surface area contributed by atoms with Crippen LogP contribution in [0.1, 0.15) is 12.4 Å². The maximum Gasteiger partial charge on any atom is 0.322 e. The molecule has 0 unspecified atom stereocenters. The molecule has 3 rings (SSSR count). The molecular weight excluding hydrogens is 344 g/mol. The number of methoxy groups -OCH3 is 1. The lowest BCUT2D eigenvalue weighted by atomic mass is 10.3. The molecule has 0 saturated carbocycles. The zero-order valence-electron chi connectivity index (χ0n) is 14.4. The second-order valence-corrected chi connectivity index (χ2v) is 5.92. The number of ether oxygens (including phenoxy) is 1. The number of halogens is 2. The lowest BCUT2D eigenvalue weighted by Crippen LogP contribution is -2.49. The van der Waals surface area contributed by atoms with Crippen LogP contribution < -0.4 is 10.1 Å². The molecule has 1 aromatic carbocycles. The van der Waals surface area contributed by atoms with Crippen molar-refractivity contribution in [2.45, 2.75) is 13.1 Å². The van der Waals surface area contributed by atoms with Gasteiger partial charge in [-0.25, -0.2) is 9.78 Å². The number of aromatic nitrogens is 2. The van der Waals surface area contributed by atoms with Crippen LogP contribution >= 0.6 is 0 Å². The Morgan fingerprint density at radius 1 is 1.27 bits per heavy atom. The summed E-state index contributed by atoms with van der Waals surface area (Å²) >= 11 is 0. The summed E-state index contributed by atoms with van der Waals surface area (Å²) in [6, 6.07) is 7.00. The van der Waals surface area contributed by atoms with Crippen molar-refractivity contribution in [1.82, 2.24) is 19.4 Å². The molecule has 7 nitrogen and oxygen atoms in total. The minimum Gasteiger partial charge on any atom is -0.495 e. The molecule has 2 aromatic rings. The van der Waals surface area contributed by atoms with E-state index in [9.17, 15) is 13.6 Å². The summed E-state index contributed by atoms with van der Waals surface area (Å²) in [5.74, 6) is 0.922. The van der Waals surface area contributed by atoms with Gasteiger partial charge in [-0.1, -0.05) is 12.1 Å². The number of urea groups is 1. The third-order valence-electron chi connectivity index (χ3n) is 4.33. The van der Waals surface area contributed by atoms with E-state index in [2.05, 4.69) is 10.3 Å². The van der Waals surface area contributed by atoms with Crippen molar-refractivity contribution < 1.29 is 18.3 Å². The van der Waals surface area contributed by atoms with E-state index >= 15 is 0 Å². The minimum absolute atomic E-state index is 0.205. The highest BCUT2D eigenvalue weighted by atomic mass is 19.3. The Balaban J connectivity index is 1.53. The fourth-order valence-corrected chi connectivity index (χ4v) is 2.90. The number of imidazole rings is 1. The minimum atomic E-state index is -2.60. The fourth-order valence-electron chi connectivity index (χ4n) is 2.90. The summed E-state index contributed by atoms with van der Waals surface area (Å²) in [6.07, 6.45) is 2.65. The van der Waals surface area contributed by atoms with Crippen LogP contribution in [0.5, 0.6) is 5.75 Å². The van der Waals surface area contributed by atoms with Crippen LogP contribution in [0.3, 0.4) is 0 Å². The number of carbonyl (C=O) groups is 1. The van der Waals surface area contributed by atoms with E-state index in [1.807, 2.05) is 17.0 Å². The van der Waals surface area contributed by atoms with Gasteiger partial charge in [-0.2, -0.15) is 8.78 Å². The van der Waals surface area contributed by atoms with E-state index in [0.29, 0.717) is 50.0 Å². The molecule has 2 amide bonds. The number of nitrogens with zero attached hydrogens (tertiary/aromatic N) is 4. The molecule has 0 aliphatic carbocycles. The molecule has 1 saturated heterocycles. The van der Waals surface area contributed by atoms with Crippen molar-refractivity contribution >= 4 is 11.7 Å². The normalized spacial score (nSPS) is 15.3. The zero-order valence-corrected chi connectivity index (χ0v) is 14.4. The average Bonchev–Trinajstić information content (AvgIpc) is 3.11. The first-order valence-corrected chi connectivity index (χ1v) is 8.29. The third kappa shape index (κ3) is 4.10. The third-order valence-corrected chi connectivity index (χ3v) is 4.33. The number of amides is 2. The van der Waals surface area contributed by atoms with Crippen LogP contribution in [0.15, 0.2) is 36.7 Å². The number of anilines is 1. The van der Waals surface area contributed by atoms with E-state index in [1.54, 1.807) is 24.1 Å². The Kier molecular flexibility index (Phi) is 5.67. The first-order chi connectivity index (χ1) is 12.6. The first-order valence-electron chi connectivity index (χ1n) is 8.29. The van der Waals surface area contributed by atoms with Crippen molar-refractivity contribution in [3.8, 4) is 5.75 Å². The van der Waals surface area contributed by atoms with E-state index in [0.717, 1.165) is 4.57 Å². The highest BCUT2D eigenvalue weighted by molar-refractivity contribution is 5.91. The smallest absolute Gasteiger partial charge is 0.322 e. The number of hydrogen-bond acceptors (Lipinski definition) is 4. The van der Waals surface area contributed by atoms with Crippen molar-refractivity contribution in [2.75, 3.05) is 38.6 Å². The molecule has 1 aliphatic heterocycles. The first kappa shape index (κ1) is 18.1. The predicted octanol–water partition coefficient (Wildman–Crippen LogP) is 2.64. The molecule has 0 atom stereocenters. The van der Waals surface area contributed by atoms with Crippen LogP contribution in [0.2, 0.25) is 0 Å². The summed E-state index contributed by atoms with van der Waals surface area (Å²) in [4.78, 5) is 20.1. The molecule has 1 aromatic heterocycles. The number of alkyl halides is 2. The van der Waals surface area contributed by atoms with Crippen LogP contribution in [-0.2, 0) is 6.54 Å². The summed E-state index contributed by atoms with van der Waals surface area (Å²) in [7, 11) is 1.55. The number of carbonyl (C=O) groups excluding carboxylic acids is 1. The molecule has 26 heavy (non-hydrogen) atoms. The molecule has 2 heterocycles. The molecule has 1 aliphatic rings. The Bertz CT molecular complexity index is 744. The van der Waals surface area contributed by atoms with E-state index < -0.39 is 6.55 Å². The van der Waals surface area contributed by atoms with Gasteiger partial charge in [0.05, 0.1) is 19.3 Å².